The molecule has 150 valence electrons. The zero-order chi connectivity index (χ0) is 21.1. The Labute approximate surface area is 183 Å². The molecule has 0 N–H and O–H groups in total. The molecule has 0 aliphatic rings. The monoisotopic (exact) mass is 411 g/mol. The molecule has 7 rings (SSSR count). The van der Waals surface area contributed by atoms with Crippen LogP contribution in [-0.4, -0.2) is 4.98 Å². The van der Waals surface area contributed by atoms with Gasteiger partial charge in [0.05, 0.1) is 0 Å². The molecule has 32 heavy (non-hydrogen) atoms. The molecule has 5 aromatic carbocycles. The van der Waals surface area contributed by atoms with Gasteiger partial charge < -0.3 is 8.83 Å². The van der Waals surface area contributed by atoms with Gasteiger partial charge in [0.15, 0.2) is 5.58 Å². The van der Waals surface area contributed by atoms with E-state index in [4.69, 9.17) is 13.8 Å². The van der Waals surface area contributed by atoms with Gasteiger partial charge in [0, 0.05) is 27.3 Å². The smallest absolute Gasteiger partial charge is 0.227 e. The Morgan fingerprint density at radius 1 is 0.531 bits per heavy atom. The number of nitrogens with zero attached hydrogens (tertiary/aromatic N) is 1. The standard InChI is InChI=1S/C29H17NO2/c1-2-7-18(8-3-1)29-30-27-21-15-13-20(17-19(21)14-16-26(27)32-29)22-10-6-11-24-23-9-4-5-12-25(23)31-28(22)24/h1-17H. The molecule has 0 saturated heterocycles. The highest BCUT2D eigenvalue weighted by Crippen LogP contribution is 2.37. The topological polar surface area (TPSA) is 39.2 Å². The summed E-state index contributed by atoms with van der Waals surface area (Å²) in [6.07, 6.45) is 0. The summed E-state index contributed by atoms with van der Waals surface area (Å²) in [5.74, 6) is 0.643. The van der Waals surface area contributed by atoms with E-state index < -0.39 is 0 Å². The second-order valence-corrected chi connectivity index (χ2v) is 8.01. The molecule has 0 bridgehead atoms. The minimum atomic E-state index is 0.643. The lowest BCUT2D eigenvalue weighted by atomic mass is 9.99. The zero-order valence-corrected chi connectivity index (χ0v) is 17.1. The Hall–Kier alpha value is -4.37. The Morgan fingerprint density at radius 3 is 2.31 bits per heavy atom. The van der Waals surface area contributed by atoms with Gasteiger partial charge in [0.2, 0.25) is 5.89 Å². The van der Waals surface area contributed by atoms with E-state index in [1.165, 1.54) is 0 Å². The molecule has 0 aliphatic heterocycles. The normalized spacial score (nSPS) is 11.8. The Bertz CT molecular complexity index is 1770. The summed E-state index contributed by atoms with van der Waals surface area (Å²) in [5.41, 5.74) is 6.69. The van der Waals surface area contributed by atoms with Gasteiger partial charge in [0.25, 0.3) is 0 Å². The van der Waals surface area contributed by atoms with Crippen LogP contribution >= 0.6 is 0 Å². The number of hydrogen-bond donors (Lipinski definition) is 0. The number of benzene rings is 5. The molecule has 0 saturated carbocycles. The highest BCUT2D eigenvalue weighted by molar-refractivity contribution is 6.11. The first-order valence-corrected chi connectivity index (χ1v) is 10.6. The van der Waals surface area contributed by atoms with Crippen molar-refractivity contribution in [3.63, 3.8) is 0 Å². The first kappa shape index (κ1) is 17.3. The first-order chi connectivity index (χ1) is 15.8. The van der Waals surface area contributed by atoms with E-state index in [2.05, 4.69) is 48.5 Å². The molecule has 2 aromatic heterocycles. The van der Waals surface area contributed by atoms with E-state index in [-0.39, 0.29) is 0 Å². The number of oxazole rings is 1. The van der Waals surface area contributed by atoms with Crippen molar-refractivity contribution in [1.29, 1.82) is 0 Å². The SMILES string of the molecule is c1ccc(-c2nc3c(ccc4cc(-c5cccc6c5oc5ccccc56)ccc43)o2)cc1. The molecule has 0 atom stereocenters. The first-order valence-electron chi connectivity index (χ1n) is 10.6. The van der Waals surface area contributed by atoms with Crippen LogP contribution in [0.25, 0.3) is 66.4 Å². The lowest BCUT2D eigenvalue weighted by Gasteiger charge is -2.05. The summed E-state index contributed by atoms with van der Waals surface area (Å²) < 4.78 is 12.3. The van der Waals surface area contributed by atoms with E-state index in [0.717, 1.165) is 60.5 Å². The maximum absolute atomic E-state index is 6.25. The van der Waals surface area contributed by atoms with Crippen LogP contribution in [0.1, 0.15) is 0 Å². The van der Waals surface area contributed by atoms with E-state index in [0.29, 0.717) is 5.89 Å². The predicted octanol–water partition coefficient (Wildman–Crippen LogP) is 8.21. The largest absolute Gasteiger partial charge is 0.455 e. The van der Waals surface area contributed by atoms with Crippen LogP contribution < -0.4 is 0 Å². The van der Waals surface area contributed by atoms with Crippen LogP contribution in [0.4, 0.5) is 0 Å². The second-order valence-electron chi connectivity index (χ2n) is 8.01. The van der Waals surface area contributed by atoms with E-state index in [9.17, 15) is 0 Å². The minimum absolute atomic E-state index is 0.643. The Balaban J connectivity index is 1.42. The van der Waals surface area contributed by atoms with Crippen LogP contribution in [0.3, 0.4) is 0 Å². The van der Waals surface area contributed by atoms with Crippen molar-refractivity contribution in [2.75, 3.05) is 0 Å². The van der Waals surface area contributed by atoms with Crippen molar-refractivity contribution in [3.05, 3.63) is 103 Å². The van der Waals surface area contributed by atoms with Gasteiger partial charge in [0.1, 0.15) is 16.7 Å². The molecule has 0 amide bonds. The molecule has 0 radical (unpaired) electrons. The summed E-state index contributed by atoms with van der Waals surface area (Å²) in [6.45, 7) is 0. The van der Waals surface area contributed by atoms with Crippen LogP contribution in [0, 0.1) is 0 Å². The van der Waals surface area contributed by atoms with Gasteiger partial charge in [-0.2, -0.15) is 0 Å². The summed E-state index contributed by atoms with van der Waals surface area (Å²) in [6, 6.07) is 35.1. The summed E-state index contributed by atoms with van der Waals surface area (Å²) in [7, 11) is 0. The maximum Gasteiger partial charge on any atom is 0.227 e. The van der Waals surface area contributed by atoms with Gasteiger partial charge in [-0.05, 0) is 41.3 Å². The molecule has 3 nitrogen and oxygen atoms in total. The van der Waals surface area contributed by atoms with Crippen molar-refractivity contribution in [2.45, 2.75) is 0 Å². The highest BCUT2D eigenvalue weighted by Gasteiger charge is 2.14. The van der Waals surface area contributed by atoms with E-state index >= 15 is 0 Å². The molecule has 2 heterocycles. The van der Waals surface area contributed by atoms with Crippen LogP contribution in [0.15, 0.2) is 112 Å². The van der Waals surface area contributed by atoms with Crippen molar-refractivity contribution < 1.29 is 8.83 Å². The van der Waals surface area contributed by atoms with E-state index in [1.54, 1.807) is 0 Å². The lowest BCUT2D eigenvalue weighted by molar-refractivity contribution is 0.620. The second kappa shape index (κ2) is 6.56. The molecular formula is C29H17NO2. The van der Waals surface area contributed by atoms with E-state index in [1.807, 2.05) is 54.6 Å². The molecule has 7 aromatic rings. The Morgan fingerprint density at radius 2 is 1.38 bits per heavy atom. The minimum Gasteiger partial charge on any atom is -0.455 e. The molecule has 0 fully saturated rings. The Kier molecular flexibility index (Phi) is 3.55. The average Bonchev–Trinajstić information content (AvgIpc) is 3.46. The predicted molar refractivity (Wildman–Crippen MR) is 130 cm³/mol. The van der Waals surface area contributed by atoms with Crippen molar-refractivity contribution in [3.8, 4) is 22.6 Å². The third kappa shape index (κ3) is 2.51. The molecule has 0 aliphatic carbocycles. The lowest BCUT2D eigenvalue weighted by Crippen LogP contribution is -1.82. The van der Waals surface area contributed by atoms with Gasteiger partial charge in [-0.3, -0.25) is 0 Å². The average molecular weight is 411 g/mol. The van der Waals surface area contributed by atoms with Crippen molar-refractivity contribution >= 4 is 43.8 Å². The highest BCUT2D eigenvalue weighted by atomic mass is 16.3. The van der Waals surface area contributed by atoms with Crippen LogP contribution in [0.2, 0.25) is 0 Å². The summed E-state index contributed by atoms with van der Waals surface area (Å²) in [5, 5.41) is 4.48. The number of hydrogen-bond acceptors (Lipinski definition) is 3. The van der Waals surface area contributed by atoms with Gasteiger partial charge in [-0.1, -0.05) is 72.8 Å². The fraction of sp³-hybridized carbons (Fsp3) is 0. The maximum atomic E-state index is 6.25. The van der Waals surface area contributed by atoms with Gasteiger partial charge in [-0.15, -0.1) is 0 Å². The number of para-hydroxylation sites is 2. The number of rotatable bonds is 2. The summed E-state index contributed by atoms with van der Waals surface area (Å²) >= 11 is 0. The molecular weight excluding hydrogens is 394 g/mol. The third-order valence-corrected chi connectivity index (χ3v) is 6.11. The zero-order valence-electron chi connectivity index (χ0n) is 17.1. The van der Waals surface area contributed by atoms with Crippen LogP contribution in [0.5, 0.6) is 0 Å². The molecule has 0 spiro atoms. The number of aromatic nitrogens is 1. The molecule has 0 unspecified atom stereocenters. The summed E-state index contributed by atoms with van der Waals surface area (Å²) in [4.78, 5) is 4.81. The fourth-order valence-electron chi connectivity index (χ4n) is 4.57. The fourth-order valence-corrected chi connectivity index (χ4v) is 4.57. The number of furan rings is 1. The quantitative estimate of drug-likeness (QED) is 0.288. The molecule has 3 heteroatoms. The van der Waals surface area contributed by atoms with Gasteiger partial charge in [-0.25, -0.2) is 4.98 Å². The third-order valence-electron chi connectivity index (χ3n) is 6.11. The van der Waals surface area contributed by atoms with Crippen molar-refractivity contribution in [1.82, 2.24) is 4.98 Å². The van der Waals surface area contributed by atoms with Gasteiger partial charge >= 0.3 is 0 Å². The number of fused-ring (bicyclic) bond motifs is 6. The van der Waals surface area contributed by atoms with Crippen molar-refractivity contribution in [2.24, 2.45) is 0 Å². The van der Waals surface area contributed by atoms with Crippen LogP contribution in [-0.2, 0) is 0 Å².